The van der Waals surface area contributed by atoms with Gasteiger partial charge in [-0.15, -0.1) is 0 Å². The minimum Gasteiger partial charge on any atom is -0.390 e. The molecule has 1 heterocycles. The average molecular weight is 441 g/mol. The number of hydrogen-bond acceptors (Lipinski definition) is 3. The minimum absolute atomic E-state index is 0.172. The number of hydrogen-bond donors (Lipinski definition) is 1. The maximum atomic E-state index is 12.5. The quantitative estimate of drug-likeness (QED) is 0.656. The fourth-order valence-electron chi connectivity index (χ4n) is 2.93. The van der Waals surface area contributed by atoms with Crippen molar-refractivity contribution in [2.75, 3.05) is 13.1 Å². The Kier molecular flexibility index (Phi) is 7.05. The summed E-state index contributed by atoms with van der Waals surface area (Å²) in [6.07, 6.45) is 0.311. The Hall–Kier alpha value is -1.95. The summed E-state index contributed by atoms with van der Waals surface area (Å²) in [6, 6.07) is 12.6. The number of nitrogens with one attached hydrogen (secondary N) is 1. The maximum absolute atomic E-state index is 12.5. The van der Waals surface area contributed by atoms with E-state index < -0.39 is 0 Å². The van der Waals surface area contributed by atoms with Crippen LogP contribution in [0.25, 0.3) is 0 Å². The van der Waals surface area contributed by atoms with E-state index in [1.165, 1.54) is 0 Å². The number of halogens is 3. The summed E-state index contributed by atoms with van der Waals surface area (Å²) in [6.45, 7) is 3.18. The van der Waals surface area contributed by atoms with Gasteiger partial charge in [0.25, 0.3) is 0 Å². The van der Waals surface area contributed by atoms with E-state index >= 15 is 0 Å². The van der Waals surface area contributed by atoms with Crippen LogP contribution in [0, 0.1) is 0 Å². The molecule has 2 aromatic carbocycles. The molecule has 0 aliphatic carbocycles. The Morgan fingerprint density at radius 1 is 1.18 bits per heavy atom. The Bertz CT molecular complexity index is 889. The summed E-state index contributed by atoms with van der Waals surface area (Å²) in [4.78, 5) is 19.8. The van der Waals surface area contributed by atoms with Crippen molar-refractivity contribution < 1.29 is 9.63 Å². The van der Waals surface area contributed by atoms with Crippen molar-refractivity contribution in [3.05, 3.63) is 68.7 Å². The molecule has 28 heavy (non-hydrogen) atoms. The lowest BCUT2D eigenvalue weighted by Crippen LogP contribution is -2.43. The van der Waals surface area contributed by atoms with Gasteiger partial charge in [0.2, 0.25) is 0 Å². The molecule has 1 aliphatic rings. The molecule has 0 fully saturated rings. The van der Waals surface area contributed by atoms with E-state index in [1.807, 2.05) is 37.3 Å². The van der Waals surface area contributed by atoms with Crippen LogP contribution in [-0.2, 0) is 11.4 Å². The van der Waals surface area contributed by atoms with Crippen LogP contribution in [0.15, 0.2) is 47.6 Å². The third-order valence-corrected chi connectivity index (χ3v) is 5.45. The normalized spacial score (nSPS) is 15.7. The highest BCUT2D eigenvalue weighted by Crippen LogP contribution is 2.26. The van der Waals surface area contributed by atoms with Gasteiger partial charge >= 0.3 is 6.03 Å². The molecule has 5 nitrogen and oxygen atoms in total. The number of benzene rings is 2. The zero-order valence-electron chi connectivity index (χ0n) is 15.3. The first kappa shape index (κ1) is 20.8. The third kappa shape index (κ3) is 5.10. The van der Waals surface area contributed by atoms with Crippen LogP contribution in [0.5, 0.6) is 0 Å². The molecule has 0 saturated heterocycles. The first-order valence-electron chi connectivity index (χ1n) is 8.92. The van der Waals surface area contributed by atoms with Crippen LogP contribution in [0.1, 0.15) is 24.5 Å². The standard InChI is InChI=1S/C20H20Cl3N3O2/c1-2-24-20(27)26(11-14-5-3-4-6-16(14)21)12-15-10-19(25-28-15)13-7-8-17(22)18(23)9-13/h3-9,15H,2,10-12H2,1H3,(H,24,27). The number of carbonyl (C=O) groups is 1. The molecule has 1 atom stereocenters. The molecular weight excluding hydrogens is 421 g/mol. The van der Waals surface area contributed by atoms with E-state index in [4.69, 9.17) is 39.6 Å². The summed E-state index contributed by atoms with van der Waals surface area (Å²) in [5, 5.41) is 8.58. The van der Waals surface area contributed by atoms with Crippen molar-refractivity contribution in [2.24, 2.45) is 5.16 Å². The van der Waals surface area contributed by atoms with Crippen molar-refractivity contribution in [3.63, 3.8) is 0 Å². The summed E-state index contributed by atoms with van der Waals surface area (Å²) in [7, 11) is 0. The molecule has 148 valence electrons. The first-order chi connectivity index (χ1) is 13.5. The largest absolute Gasteiger partial charge is 0.390 e. The number of nitrogens with zero attached hydrogens (tertiary/aromatic N) is 2. The van der Waals surface area contributed by atoms with Gasteiger partial charge in [-0.2, -0.15) is 0 Å². The zero-order valence-corrected chi connectivity index (χ0v) is 17.6. The molecule has 2 amide bonds. The summed E-state index contributed by atoms with van der Waals surface area (Å²) >= 11 is 18.3. The third-order valence-electron chi connectivity index (χ3n) is 4.34. The van der Waals surface area contributed by atoms with Gasteiger partial charge in [-0.25, -0.2) is 4.79 Å². The van der Waals surface area contributed by atoms with Gasteiger partial charge in [-0.3, -0.25) is 0 Å². The highest BCUT2D eigenvalue weighted by Gasteiger charge is 2.27. The van der Waals surface area contributed by atoms with Crippen LogP contribution in [0.2, 0.25) is 15.1 Å². The van der Waals surface area contributed by atoms with Gasteiger partial charge < -0.3 is 15.1 Å². The Morgan fingerprint density at radius 2 is 1.96 bits per heavy atom. The Morgan fingerprint density at radius 3 is 2.68 bits per heavy atom. The topological polar surface area (TPSA) is 53.9 Å². The highest BCUT2D eigenvalue weighted by atomic mass is 35.5. The van der Waals surface area contributed by atoms with E-state index in [9.17, 15) is 4.79 Å². The van der Waals surface area contributed by atoms with Crippen molar-refractivity contribution in [2.45, 2.75) is 26.0 Å². The number of carbonyl (C=O) groups excluding carboxylic acids is 1. The number of rotatable bonds is 6. The van der Waals surface area contributed by atoms with Crippen molar-refractivity contribution in [1.82, 2.24) is 10.2 Å². The van der Waals surface area contributed by atoms with Crippen LogP contribution in [0.3, 0.4) is 0 Å². The molecule has 0 aromatic heterocycles. The van der Waals surface area contributed by atoms with E-state index in [1.54, 1.807) is 17.0 Å². The van der Waals surface area contributed by atoms with Gasteiger partial charge in [0.1, 0.15) is 0 Å². The van der Waals surface area contributed by atoms with Gasteiger partial charge in [0, 0.05) is 30.1 Å². The fraction of sp³-hybridized carbons (Fsp3) is 0.300. The number of urea groups is 1. The predicted octanol–water partition coefficient (Wildman–Crippen LogP) is 5.37. The number of amides is 2. The second kappa shape index (κ2) is 9.50. The molecular formula is C20H20Cl3N3O2. The molecule has 0 spiro atoms. The Balaban J connectivity index is 1.69. The SMILES string of the molecule is CCNC(=O)N(Cc1ccccc1Cl)CC1CC(c2ccc(Cl)c(Cl)c2)=NO1. The van der Waals surface area contributed by atoms with Crippen LogP contribution < -0.4 is 5.32 Å². The fourth-order valence-corrected chi connectivity index (χ4v) is 3.43. The zero-order chi connectivity index (χ0) is 20.1. The molecule has 3 rings (SSSR count). The van der Waals surface area contributed by atoms with Crippen molar-refractivity contribution in [3.8, 4) is 0 Å². The van der Waals surface area contributed by atoms with Gasteiger partial charge in [-0.1, -0.05) is 64.2 Å². The average Bonchev–Trinajstić information content (AvgIpc) is 3.14. The summed E-state index contributed by atoms with van der Waals surface area (Å²) in [5.74, 6) is 0. The summed E-state index contributed by atoms with van der Waals surface area (Å²) in [5.41, 5.74) is 2.50. The van der Waals surface area contributed by atoms with Crippen LogP contribution in [-0.4, -0.2) is 35.8 Å². The van der Waals surface area contributed by atoms with E-state index in [2.05, 4.69) is 10.5 Å². The van der Waals surface area contributed by atoms with Gasteiger partial charge in [-0.05, 0) is 30.7 Å². The lowest BCUT2D eigenvalue weighted by atomic mass is 10.0. The van der Waals surface area contributed by atoms with Crippen molar-refractivity contribution >= 4 is 46.5 Å². The molecule has 2 aromatic rings. The smallest absolute Gasteiger partial charge is 0.317 e. The Labute approximate surface area is 179 Å². The molecule has 1 N–H and O–H groups in total. The van der Waals surface area contributed by atoms with Gasteiger partial charge in [0.15, 0.2) is 6.10 Å². The van der Waals surface area contributed by atoms with Crippen LogP contribution >= 0.6 is 34.8 Å². The van der Waals surface area contributed by atoms with Crippen molar-refractivity contribution in [1.29, 1.82) is 0 Å². The van der Waals surface area contributed by atoms with Crippen LogP contribution in [0.4, 0.5) is 4.79 Å². The molecule has 8 heteroatoms. The van der Waals surface area contributed by atoms with E-state index in [-0.39, 0.29) is 12.1 Å². The molecule has 0 saturated carbocycles. The monoisotopic (exact) mass is 439 g/mol. The lowest BCUT2D eigenvalue weighted by molar-refractivity contribution is 0.0590. The van der Waals surface area contributed by atoms with Gasteiger partial charge in [0.05, 0.1) is 22.3 Å². The lowest BCUT2D eigenvalue weighted by Gasteiger charge is -2.25. The first-order valence-corrected chi connectivity index (χ1v) is 10.1. The second-order valence-electron chi connectivity index (χ2n) is 6.41. The molecule has 1 unspecified atom stereocenters. The van der Waals surface area contributed by atoms with E-state index in [0.717, 1.165) is 16.8 Å². The molecule has 0 bridgehead atoms. The number of oxime groups is 1. The maximum Gasteiger partial charge on any atom is 0.317 e. The summed E-state index contributed by atoms with van der Waals surface area (Å²) < 4.78 is 0. The minimum atomic E-state index is -0.255. The molecule has 1 aliphatic heterocycles. The highest BCUT2D eigenvalue weighted by molar-refractivity contribution is 6.42. The predicted molar refractivity (Wildman–Crippen MR) is 113 cm³/mol. The molecule has 0 radical (unpaired) electrons. The second-order valence-corrected chi connectivity index (χ2v) is 7.63. The van der Waals surface area contributed by atoms with E-state index in [0.29, 0.717) is 41.1 Å².